The van der Waals surface area contributed by atoms with Gasteiger partial charge < -0.3 is 9.88 Å². The fourth-order valence-electron chi connectivity index (χ4n) is 2.69. The molecule has 2 aromatic heterocycles. The first-order valence-electron chi connectivity index (χ1n) is 8.07. The van der Waals surface area contributed by atoms with E-state index in [0.29, 0.717) is 16.8 Å². The van der Waals surface area contributed by atoms with E-state index in [9.17, 15) is 9.18 Å². The van der Waals surface area contributed by atoms with Gasteiger partial charge in [0.25, 0.3) is 5.91 Å². The fraction of sp³-hybridized carbons (Fsp3) is 0.278. The molecule has 0 aliphatic carbocycles. The Morgan fingerprint density at radius 1 is 1.40 bits per heavy atom. The lowest BCUT2D eigenvalue weighted by Gasteiger charge is -2.10. The minimum absolute atomic E-state index is 0.137. The Bertz CT molecular complexity index is 883. The number of carbonyl (C=O) groups excluding carboxylic acids is 1. The summed E-state index contributed by atoms with van der Waals surface area (Å²) < 4.78 is 15.9. The number of halogens is 1. The first kappa shape index (κ1) is 16.9. The van der Waals surface area contributed by atoms with Crippen molar-refractivity contribution >= 4 is 5.91 Å². The van der Waals surface area contributed by atoms with E-state index < -0.39 is 0 Å². The molecule has 7 heteroatoms. The first-order valence-corrected chi connectivity index (χ1v) is 8.07. The van der Waals surface area contributed by atoms with Crippen molar-refractivity contribution in [2.24, 2.45) is 0 Å². The molecular formula is C18H20FN5O. The number of benzene rings is 1. The molecule has 0 radical (unpaired) electrons. The molecule has 0 spiro atoms. The number of nitrogens with zero attached hydrogens (tertiary/aromatic N) is 3. The van der Waals surface area contributed by atoms with Crippen LogP contribution in [0, 0.1) is 12.7 Å². The molecule has 6 nitrogen and oxygen atoms in total. The Morgan fingerprint density at radius 3 is 2.84 bits per heavy atom. The van der Waals surface area contributed by atoms with Crippen LogP contribution < -0.4 is 5.32 Å². The molecule has 0 aliphatic rings. The molecule has 0 unspecified atom stereocenters. The monoisotopic (exact) mass is 341 g/mol. The molecule has 0 saturated carbocycles. The summed E-state index contributed by atoms with van der Waals surface area (Å²) in [6.07, 6.45) is 4.80. The van der Waals surface area contributed by atoms with Crippen LogP contribution in [-0.4, -0.2) is 25.7 Å². The number of hydrogen-bond donors (Lipinski definition) is 2. The molecular weight excluding hydrogens is 321 g/mol. The minimum atomic E-state index is -0.368. The van der Waals surface area contributed by atoms with E-state index in [-0.39, 0.29) is 24.2 Å². The van der Waals surface area contributed by atoms with Crippen LogP contribution in [0.2, 0.25) is 0 Å². The van der Waals surface area contributed by atoms with Crippen LogP contribution in [0.5, 0.6) is 0 Å². The summed E-state index contributed by atoms with van der Waals surface area (Å²) in [5.74, 6) is -0.446. The number of aromatic amines is 1. The van der Waals surface area contributed by atoms with E-state index in [1.807, 2.05) is 20.8 Å². The predicted molar refractivity (Wildman–Crippen MR) is 92.1 cm³/mol. The number of imidazole rings is 1. The van der Waals surface area contributed by atoms with Crippen molar-refractivity contribution in [3.8, 4) is 5.69 Å². The van der Waals surface area contributed by atoms with Crippen molar-refractivity contribution in [1.82, 2.24) is 25.1 Å². The normalized spacial score (nSPS) is 11.1. The highest BCUT2D eigenvalue weighted by molar-refractivity contribution is 5.96. The number of rotatable bonds is 5. The van der Waals surface area contributed by atoms with Crippen LogP contribution in [0.3, 0.4) is 0 Å². The Kier molecular flexibility index (Phi) is 4.65. The highest BCUT2D eigenvalue weighted by Crippen LogP contribution is 2.20. The topological polar surface area (TPSA) is 75.6 Å². The summed E-state index contributed by atoms with van der Waals surface area (Å²) in [5.41, 5.74) is 3.12. The Labute approximate surface area is 145 Å². The Hall–Kier alpha value is -2.96. The molecule has 0 bridgehead atoms. The van der Waals surface area contributed by atoms with Crippen LogP contribution >= 0.6 is 0 Å². The maximum absolute atomic E-state index is 14.3. The molecule has 0 aliphatic heterocycles. The number of carbonyl (C=O) groups is 1. The minimum Gasteiger partial charge on any atom is -0.348 e. The van der Waals surface area contributed by atoms with Crippen molar-refractivity contribution in [3.05, 3.63) is 65.3 Å². The summed E-state index contributed by atoms with van der Waals surface area (Å²) in [7, 11) is 0. The molecule has 1 aromatic carbocycles. The molecule has 2 N–H and O–H groups in total. The Morgan fingerprint density at radius 2 is 2.20 bits per heavy atom. The number of aryl methyl sites for hydroxylation is 1. The van der Waals surface area contributed by atoms with E-state index >= 15 is 0 Å². The fourth-order valence-corrected chi connectivity index (χ4v) is 2.69. The maximum atomic E-state index is 14.3. The molecule has 130 valence electrons. The third-order valence-electron chi connectivity index (χ3n) is 4.00. The van der Waals surface area contributed by atoms with Gasteiger partial charge >= 0.3 is 0 Å². The van der Waals surface area contributed by atoms with Crippen molar-refractivity contribution < 1.29 is 9.18 Å². The van der Waals surface area contributed by atoms with E-state index in [0.717, 1.165) is 11.4 Å². The van der Waals surface area contributed by atoms with Crippen molar-refractivity contribution in [2.75, 3.05) is 0 Å². The lowest BCUT2D eigenvalue weighted by Crippen LogP contribution is -2.24. The molecule has 0 atom stereocenters. The quantitative estimate of drug-likeness (QED) is 0.749. The molecule has 3 aromatic rings. The summed E-state index contributed by atoms with van der Waals surface area (Å²) in [6, 6.07) is 4.87. The summed E-state index contributed by atoms with van der Waals surface area (Å²) in [4.78, 5) is 16.4. The third kappa shape index (κ3) is 3.45. The lowest BCUT2D eigenvalue weighted by molar-refractivity contribution is 0.0949. The van der Waals surface area contributed by atoms with E-state index in [2.05, 4.69) is 20.5 Å². The molecule has 3 rings (SSSR count). The second-order valence-electron chi connectivity index (χ2n) is 6.20. The van der Waals surface area contributed by atoms with Gasteiger partial charge in [-0.2, -0.15) is 5.10 Å². The van der Waals surface area contributed by atoms with Crippen LogP contribution in [0.1, 0.15) is 47.1 Å². The number of aromatic nitrogens is 4. The average molecular weight is 341 g/mol. The standard InChI is InChI=1S/C18H20FN5O/c1-11(2)17-16(12(3)22-23-17)18(25)21-9-13-4-5-15(14(19)8-13)24-7-6-20-10-24/h4-8,10-11H,9H2,1-3H3,(H,21,25)(H,22,23). The van der Waals surface area contributed by atoms with Crippen molar-refractivity contribution in [1.29, 1.82) is 0 Å². The summed E-state index contributed by atoms with van der Waals surface area (Å²) >= 11 is 0. The van der Waals surface area contributed by atoms with Crippen molar-refractivity contribution in [2.45, 2.75) is 33.2 Å². The van der Waals surface area contributed by atoms with Crippen LogP contribution in [-0.2, 0) is 6.54 Å². The van der Waals surface area contributed by atoms with Gasteiger partial charge in [0.15, 0.2) is 0 Å². The van der Waals surface area contributed by atoms with Crippen LogP contribution in [0.4, 0.5) is 4.39 Å². The predicted octanol–water partition coefficient (Wildman–Crippen LogP) is 3.10. The van der Waals surface area contributed by atoms with Gasteiger partial charge in [-0.25, -0.2) is 9.37 Å². The van der Waals surface area contributed by atoms with Gasteiger partial charge in [0.1, 0.15) is 5.82 Å². The molecule has 0 saturated heterocycles. The Balaban J connectivity index is 1.73. The largest absolute Gasteiger partial charge is 0.348 e. The second-order valence-corrected chi connectivity index (χ2v) is 6.20. The zero-order chi connectivity index (χ0) is 18.0. The molecule has 25 heavy (non-hydrogen) atoms. The van der Waals surface area contributed by atoms with Gasteiger partial charge in [-0.05, 0) is 30.5 Å². The zero-order valence-electron chi connectivity index (χ0n) is 14.4. The van der Waals surface area contributed by atoms with E-state index in [4.69, 9.17) is 0 Å². The van der Waals surface area contributed by atoms with Gasteiger partial charge in [-0.15, -0.1) is 0 Å². The SMILES string of the molecule is Cc1[nH]nc(C(C)C)c1C(=O)NCc1ccc(-n2ccnc2)c(F)c1. The zero-order valence-corrected chi connectivity index (χ0v) is 14.4. The highest BCUT2D eigenvalue weighted by Gasteiger charge is 2.20. The van der Waals surface area contributed by atoms with Crippen molar-refractivity contribution in [3.63, 3.8) is 0 Å². The average Bonchev–Trinajstić information content (AvgIpc) is 3.22. The van der Waals surface area contributed by atoms with Crippen LogP contribution in [0.25, 0.3) is 5.69 Å². The smallest absolute Gasteiger partial charge is 0.255 e. The molecule has 0 fully saturated rings. The van der Waals surface area contributed by atoms with Crippen LogP contribution in [0.15, 0.2) is 36.9 Å². The van der Waals surface area contributed by atoms with E-state index in [1.54, 1.807) is 29.1 Å². The number of amides is 1. The molecule has 1 amide bonds. The van der Waals surface area contributed by atoms with Gasteiger partial charge in [-0.1, -0.05) is 19.9 Å². The lowest BCUT2D eigenvalue weighted by atomic mass is 10.0. The van der Waals surface area contributed by atoms with Gasteiger partial charge in [0.05, 0.1) is 23.3 Å². The second kappa shape index (κ2) is 6.88. The first-order chi connectivity index (χ1) is 12.0. The number of H-pyrrole nitrogens is 1. The van der Waals surface area contributed by atoms with Gasteiger partial charge in [0.2, 0.25) is 0 Å². The summed E-state index contributed by atoms with van der Waals surface area (Å²) in [6.45, 7) is 6.02. The van der Waals surface area contributed by atoms with Gasteiger partial charge in [-0.3, -0.25) is 9.89 Å². The molecule has 2 heterocycles. The summed E-state index contributed by atoms with van der Waals surface area (Å²) in [5, 5.41) is 9.88. The number of nitrogens with one attached hydrogen (secondary N) is 2. The van der Waals surface area contributed by atoms with E-state index in [1.165, 1.54) is 12.4 Å². The van der Waals surface area contributed by atoms with Gasteiger partial charge in [0, 0.05) is 24.6 Å². The third-order valence-corrected chi connectivity index (χ3v) is 4.00. The highest BCUT2D eigenvalue weighted by atomic mass is 19.1. The maximum Gasteiger partial charge on any atom is 0.255 e. The number of hydrogen-bond acceptors (Lipinski definition) is 3.